The first-order chi connectivity index (χ1) is 9.71. The van der Waals surface area contributed by atoms with Gasteiger partial charge in [-0.05, 0) is 24.7 Å². The van der Waals surface area contributed by atoms with Gasteiger partial charge in [-0.2, -0.15) is 0 Å². The first-order valence-electron chi connectivity index (χ1n) is 6.86. The number of aliphatic hydroxyl groups excluding tert-OH is 2. The highest BCUT2D eigenvalue weighted by atomic mass is 16.3. The molecule has 0 saturated heterocycles. The lowest BCUT2D eigenvalue weighted by Gasteiger charge is -2.19. The summed E-state index contributed by atoms with van der Waals surface area (Å²) in [6.45, 7) is 0.264. The van der Waals surface area contributed by atoms with Crippen LogP contribution in [0.4, 0.5) is 5.82 Å². The van der Waals surface area contributed by atoms with E-state index in [1.807, 2.05) is 4.57 Å². The van der Waals surface area contributed by atoms with Gasteiger partial charge in [0.2, 0.25) is 0 Å². The van der Waals surface area contributed by atoms with Crippen LogP contribution in [0.1, 0.15) is 18.9 Å². The standard InChI is InChI=1S/C13H17N5O2/c14-11-10-12(16-5-15-11)18(6-17-10)9-1-7(3-19)13(4-20)2-8(9)13/h5-9,19-20H,1-4H2,(H2,14,15,16)/t7-,8+,9+,13?/m1/s1. The molecule has 0 radical (unpaired) electrons. The van der Waals surface area contributed by atoms with Crippen LogP contribution in [0.25, 0.3) is 11.2 Å². The zero-order chi connectivity index (χ0) is 13.9. The smallest absolute Gasteiger partial charge is 0.165 e. The molecule has 2 aliphatic carbocycles. The Labute approximate surface area is 115 Å². The van der Waals surface area contributed by atoms with E-state index in [2.05, 4.69) is 15.0 Å². The molecule has 0 aromatic carbocycles. The number of anilines is 1. The average molecular weight is 275 g/mol. The fourth-order valence-corrected chi connectivity index (χ4v) is 4.02. The Balaban J connectivity index is 1.77. The molecule has 1 unspecified atom stereocenters. The number of nitrogen functional groups attached to an aromatic ring is 1. The lowest BCUT2D eigenvalue weighted by Crippen LogP contribution is -2.20. The van der Waals surface area contributed by atoms with Crippen LogP contribution in [0.3, 0.4) is 0 Å². The van der Waals surface area contributed by atoms with Crippen molar-refractivity contribution >= 4 is 17.0 Å². The highest BCUT2D eigenvalue weighted by Crippen LogP contribution is 2.70. The number of aliphatic hydroxyl groups is 2. The zero-order valence-corrected chi connectivity index (χ0v) is 11.0. The van der Waals surface area contributed by atoms with Crippen molar-refractivity contribution in [2.24, 2.45) is 17.3 Å². The predicted molar refractivity (Wildman–Crippen MR) is 71.6 cm³/mol. The SMILES string of the molecule is Nc1ncnc2c1ncn2[C@H]1C[C@H](CO)C2(CO)C[C@@H]12. The van der Waals surface area contributed by atoms with E-state index in [1.54, 1.807) is 6.33 Å². The van der Waals surface area contributed by atoms with Crippen molar-refractivity contribution in [3.05, 3.63) is 12.7 Å². The van der Waals surface area contributed by atoms with Gasteiger partial charge in [-0.25, -0.2) is 15.0 Å². The molecule has 2 aromatic rings. The van der Waals surface area contributed by atoms with E-state index in [-0.39, 0.29) is 30.6 Å². The fourth-order valence-electron chi connectivity index (χ4n) is 4.02. The molecule has 0 bridgehead atoms. The molecule has 2 aromatic heterocycles. The van der Waals surface area contributed by atoms with E-state index in [0.717, 1.165) is 18.5 Å². The number of hydrogen-bond donors (Lipinski definition) is 3. The third-order valence-electron chi connectivity index (χ3n) is 5.24. The van der Waals surface area contributed by atoms with Crippen LogP contribution in [-0.4, -0.2) is 42.9 Å². The quantitative estimate of drug-likeness (QED) is 0.725. The summed E-state index contributed by atoms with van der Waals surface area (Å²) in [5.74, 6) is 0.923. The molecule has 0 spiro atoms. The monoisotopic (exact) mass is 275 g/mol. The van der Waals surface area contributed by atoms with Crippen molar-refractivity contribution in [2.45, 2.75) is 18.9 Å². The third-order valence-corrected chi connectivity index (χ3v) is 5.24. The first kappa shape index (κ1) is 12.0. The topological polar surface area (TPSA) is 110 Å². The number of fused-ring (bicyclic) bond motifs is 2. The Kier molecular flexibility index (Phi) is 2.34. The molecule has 4 rings (SSSR count). The molecular formula is C13H17N5O2. The van der Waals surface area contributed by atoms with Crippen LogP contribution in [-0.2, 0) is 0 Å². The maximum Gasteiger partial charge on any atom is 0.165 e. The van der Waals surface area contributed by atoms with Gasteiger partial charge < -0.3 is 20.5 Å². The number of aromatic nitrogens is 4. The first-order valence-corrected chi connectivity index (χ1v) is 6.86. The molecule has 20 heavy (non-hydrogen) atoms. The average Bonchev–Trinajstić information content (AvgIpc) is 2.90. The molecule has 2 heterocycles. The Bertz CT molecular complexity index is 672. The minimum atomic E-state index is -0.103. The minimum Gasteiger partial charge on any atom is -0.396 e. The van der Waals surface area contributed by atoms with Gasteiger partial charge in [-0.3, -0.25) is 0 Å². The molecule has 106 valence electrons. The van der Waals surface area contributed by atoms with Gasteiger partial charge >= 0.3 is 0 Å². The van der Waals surface area contributed by atoms with Crippen molar-refractivity contribution in [3.63, 3.8) is 0 Å². The molecule has 0 amide bonds. The summed E-state index contributed by atoms with van der Waals surface area (Å²) in [5.41, 5.74) is 7.07. The molecule has 7 nitrogen and oxygen atoms in total. The lowest BCUT2D eigenvalue weighted by atomic mass is 9.92. The summed E-state index contributed by atoms with van der Waals surface area (Å²) in [6, 6.07) is 0.221. The van der Waals surface area contributed by atoms with Crippen LogP contribution in [0, 0.1) is 17.3 Å². The van der Waals surface area contributed by atoms with E-state index in [4.69, 9.17) is 5.73 Å². The summed E-state index contributed by atoms with van der Waals surface area (Å²) < 4.78 is 2.03. The summed E-state index contributed by atoms with van der Waals surface area (Å²) in [5, 5.41) is 19.2. The van der Waals surface area contributed by atoms with Gasteiger partial charge in [0.1, 0.15) is 11.8 Å². The van der Waals surface area contributed by atoms with E-state index < -0.39 is 0 Å². The highest BCUT2D eigenvalue weighted by Gasteiger charge is 2.66. The highest BCUT2D eigenvalue weighted by molar-refractivity contribution is 5.81. The normalized spacial score (nSPS) is 35.4. The maximum atomic E-state index is 9.66. The van der Waals surface area contributed by atoms with E-state index >= 15 is 0 Å². The largest absolute Gasteiger partial charge is 0.396 e. The lowest BCUT2D eigenvalue weighted by molar-refractivity contribution is 0.112. The summed E-state index contributed by atoms with van der Waals surface area (Å²) in [7, 11) is 0. The Morgan fingerprint density at radius 3 is 2.90 bits per heavy atom. The van der Waals surface area contributed by atoms with Gasteiger partial charge in [0, 0.05) is 24.7 Å². The number of hydrogen-bond acceptors (Lipinski definition) is 6. The minimum absolute atomic E-state index is 0.103. The molecule has 7 heteroatoms. The van der Waals surface area contributed by atoms with Gasteiger partial charge in [-0.1, -0.05) is 0 Å². The number of imidazole rings is 1. The molecule has 4 N–H and O–H groups in total. The Morgan fingerprint density at radius 1 is 1.35 bits per heavy atom. The van der Waals surface area contributed by atoms with Crippen molar-refractivity contribution < 1.29 is 10.2 Å². The zero-order valence-electron chi connectivity index (χ0n) is 11.0. The predicted octanol–water partition coefficient (Wildman–Crippen LogP) is -0.0396. The number of nitrogens with zero attached hydrogens (tertiary/aromatic N) is 4. The second-order valence-corrected chi connectivity index (χ2v) is 5.97. The number of nitrogens with two attached hydrogens (primary N) is 1. The molecule has 2 aliphatic rings. The van der Waals surface area contributed by atoms with Crippen molar-refractivity contribution in [1.29, 1.82) is 0 Å². The molecular weight excluding hydrogens is 258 g/mol. The van der Waals surface area contributed by atoms with Gasteiger partial charge in [0.15, 0.2) is 11.5 Å². The van der Waals surface area contributed by atoms with Gasteiger partial charge in [0.25, 0.3) is 0 Å². The van der Waals surface area contributed by atoms with Crippen LogP contribution in [0.5, 0.6) is 0 Å². The fraction of sp³-hybridized carbons (Fsp3) is 0.615. The second-order valence-electron chi connectivity index (χ2n) is 5.97. The van der Waals surface area contributed by atoms with Crippen LogP contribution >= 0.6 is 0 Å². The van der Waals surface area contributed by atoms with Gasteiger partial charge in [-0.15, -0.1) is 0 Å². The second kappa shape index (κ2) is 3.89. The van der Waals surface area contributed by atoms with Crippen molar-refractivity contribution in [2.75, 3.05) is 18.9 Å². The summed E-state index contributed by atoms with van der Waals surface area (Å²) in [6.07, 6.45) is 5.00. The molecule has 2 saturated carbocycles. The van der Waals surface area contributed by atoms with Crippen molar-refractivity contribution in [1.82, 2.24) is 19.5 Å². The summed E-state index contributed by atoms with van der Waals surface area (Å²) in [4.78, 5) is 12.5. The van der Waals surface area contributed by atoms with Crippen LogP contribution in [0.15, 0.2) is 12.7 Å². The maximum absolute atomic E-state index is 9.66. The third kappa shape index (κ3) is 1.34. The van der Waals surface area contributed by atoms with Crippen LogP contribution < -0.4 is 5.73 Å². The van der Waals surface area contributed by atoms with E-state index in [9.17, 15) is 10.2 Å². The molecule has 4 atom stereocenters. The molecule has 0 aliphatic heterocycles. The van der Waals surface area contributed by atoms with E-state index in [0.29, 0.717) is 17.3 Å². The Morgan fingerprint density at radius 2 is 2.20 bits per heavy atom. The van der Waals surface area contributed by atoms with Gasteiger partial charge in [0.05, 0.1) is 6.33 Å². The number of rotatable bonds is 3. The Hall–Kier alpha value is -1.73. The van der Waals surface area contributed by atoms with Crippen LogP contribution in [0.2, 0.25) is 0 Å². The summed E-state index contributed by atoms with van der Waals surface area (Å²) >= 11 is 0. The molecule has 2 fully saturated rings. The van der Waals surface area contributed by atoms with Crippen molar-refractivity contribution in [3.8, 4) is 0 Å². The van der Waals surface area contributed by atoms with E-state index in [1.165, 1.54) is 6.33 Å².